The summed E-state index contributed by atoms with van der Waals surface area (Å²) in [7, 11) is 0. The Morgan fingerprint density at radius 2 is 1.04 bits per heavy atom. The van der Waals surface area contributed by atoms with E-state index >= 15 is 0 Å². The summed E-state index contributed by atoms with van der Waals surface area (Å²) >= 11 is 0. The minimum Gasteiger partial charge on any atom is -0.468 e. The Bertz CT molecular complexity index is 353. The Balaban J connectivity index is 0. The van der Waals surface area contributed by atoms with E-state index in [4.69, 9.17) is 0 Å². The summed E-state index contributed by atoms with van der Waals surface area (Å²) < 4.78 is 9.27. The van der Waals surface area contributed by atoms with Crippen LogP contribution in [0.2, 0.25) is 0 Å². The van der Waals surface area contributed by atoms with Crippen molar-refractivity contribution in [3.8, 4) is 0 Å². The van der Waals surface area contributed by atoms with Gasteiger partial charge in [-0.15, -0.1) is 0 Å². The van der Waals surface area contributed by atoms with Gasteiger partial charge in [0.05, 0.1) is 13.2 Å². The van der Waals surface area contributed by atoms with E-state index in [1.54, 1.807) is 0 Å². The molecule has 0 aromatic carbocycles. The van der Waals surface area contributed by atoms with Gasteiger partial charge >= 0.3 is 0 Å². The number of ether oxygens (including phenoxy) is 2. The van der Waals surface area contributed by atoms with Gasteiger partial charge in [-0.25, -0.2) is 0 Å². The summed E-state index contributed by atoms with van der Waals surface area (Å²) in [6.45, 7) is 15.0. The van der Waals surface area contributed by atoms with Crippen LogP contribution in [0.25, 0.3) is 0 Å². The van der Waals surface area contributed by atoms with E-state index in [-0.39, 0.29) is 0 Å². The van der Waals surface area contributed by atoms with Gasteiger partial charge in [0.25, 0.3) is 12.9 Å². The van der Waals surface area contributed by atoms with Crippen molar-refractivity contribution >= 4 is 12.9 Å². The zero-order chi connectivity index (χ0) is 20.2. The maximum absolute atomic E-state index is 9.86. The van der Waals surface area contributed by atoms with Crippen LogP contribution in [0.1, 0.15) is 80.1 Å². The minimum atomic E-state index is 0.517. The topological polar surface area (TPSA) is 52.6 Å². The molecule has 0 saturated heterocycles. The molecule has 0 fully saturated rings. The molecule has 0 aliphatic carbocycles. The zero-order valence-electron chi connectivity index (χ0n) is 17.8. The third-order valence-corrected chi connectivity index (χ3v) is 4.02. The van der Waals surface area contributed by atoms with E-state index < -0.39 is 0 Å². The number of carbonyl (C=O) groups excluding carboxylic acids is 2. The summed E-state index contributed by atoms with van der Waals surface area (Å²) in [5.74, 6) is 1.27. The van der Waals surface area contributed by atoms with Crippen molar-refractivity contribution in [1.82, 2.24) is 0 Å². The van der Waals surface area contributed by atoms with Gasteiger partial charge in [0.15, 0.2) is 0 Å². The van der Waals surface area contributed by atoms with Crippen LogP contribution in [-0.4, -0.2) is 26.2 Å². The van der Waals surface area contributed by atoms with Gasteiger partial charge in [0.2, 0.25) is 0 Å². The lowest BCUT2D eigenvalue weighted by Crippen LogP contribution is -2.00. The summed E-state index contributed by atoms with van der Waals surface area (Å²) in [5.41, 5.74) is 2.74. The van der Waals surface area contributed by atoms with Gasteiger partial charge in [0.1, 0.15) is 0 Å². The molecule has 0 bridgehead atoms. The number of hydrogen-bond acceptors (Lipinski definition) is 4. The fourth-order valence-electron chi connectivity index (χ4n) is 2.24. The predicted molar refractivity (Wildman–Crippen MR) is 109 cm³/mol. The van der Waals surface area contributed by atoms with Crippen molar-refractivity contribution in [2.24, 2.45) is 11.8 Å². The molecule has 4 heteroatoms. The first-order valence-corrected chi connectivity index (χ1v) is 9.70. The first-order chi connectivity index (χ1) is 12.3. The van der Waals surface area contributed by atoms with Crippen LogP contribution in [0, 0.1) is 11.8 Å². The second-order valence-electron chi connectivity index (χ2n) is 7.44. The first kappa shape index (κ1) is 26.6. The van der Waals surface area contributed by atoms with E-state index in [0.717, 1.165) is 25.7 Å². The molecule has 2 atom stereocenters. The SMILES string of the molecule is CC(C)=CCCC(C)CCOC=O.CC(C)=CCCC(C)CCOC=O. The average Bonchev–Trinajstić information content (AvgIpc) is 2.55. The molecule has 0 heterocycles. The van der Waals surface area contributed by atoms with Crippen LogP contribution in [0.5, 0.6) is 0 Å². The third kappa shape index (κ3) is 24.7. The van der Waals surface area contributed by atoms with Crippen LogP contribution >= 0.6 is 0 Å². The number of allylic oxidation sites excluding steroid dienone is 4. The van der Waals surface area contributed by atoms with Crippen molar-refractivity contribution in [3.05, 3.63) is 23.3 Å². The van der Waals surface area contributed by atoms with Gasteiger partial charge < -0.3 is 9.47 Å². The van der Waals surface area contributed by atoms with Crippen molar-refractivity contribution < 1.29 is 19.1 Å². The van der Waals surface area contributed by atoms with Crippen molar-refractivity contribution in [2.75, 3.05) is 13.2 Å². The Labute approximate surface area is 161 Å². The molecule has 0 aromatic heterocycles. The van der Waals surface area contributed by atoms with Gasteiger partial charge in [0, 0.05) is 0 Å². The van der Waals surface area contributed by atoms with Crippen LogP contribution < -0.4 is 0 Å². The highest BCUT2D eigenvalue weighted by molar-refractivity contribution is 5.37. The van der Waals surface area contributed by atoms with Crippen LogP contribution in [0.3, 0.4) is 0 Å². The molecule has 0 N–H and O–H groups in total. The third-order valence-electron chi connectivity index (χ3n) is 4.02. The predicted octanol–water partition coefficient (Wildman–Crippen LogP) is 5.86. The molecule has 0 spiro atoms. The number of hydrogen-bond donors (Lipinski definition) is 0. The maximum atomic E-state index is 9.86. The quantitative estimate of drug-likeness (QED) is 0.219. The molecule has 0 aliphatic rings. The maximum Gasteiger partial charge on any atom is 0.293 e. The minimum absolute atomic E-state index is 0.517. The monoisotopic (exact) mass is 368 g/mol. The Kier molecular flexibility index (Phi) is 20.2. The molecule has 0 amide bonds. The molecule has 0 aromatic rings. The molecule has 152 valence electrons. The zero-order valence-corrected chi connectivity index (χ0v) is 17.8. The Morgan fingerprint density at radius 1 is 0.692 bits per heavy atom. The summed E-state index contributed by atoms with van der Waals surface area (Å²) in [6, 6.07) is 0. The molecule has 4 nitrogen and oxygen atoms in total. The fraction of sp³-hybridized carbons (Fsp3) is 0.727. The van der Waals surface area contributed by atoms with E-state index in [0.29, 0.717) is 38.0 Å². The van der Waals surface area contributed by atoms with Crippen molar-refractivity contribution in [3.63, 3.8) is 0 Å². The van der Waals surface area contributed by atoms with Crippen molar-refractivity contribution in [2.45, 2.75) is 80.1 Å². The smallest absolute Gasteiger partial charge is 0.293 e. The van der Waals surface area contributed by atoms with Crippen LogP contribution in [0.15, 0.2) is 23.3 Å². The van der Waals surface area contributed by atoms with Gasteiger partial charge in [-0.2, -0.15) is 0 Å². The molecule has 0 radical (unpaired) electrons. The number of rotatable bonds is 14. The highest BCUT2D eigenvalue weighted by Gasteiger charge is 2.01. The first-order valence-electron chi connectivity index (χ1n) is 9.70. The average molecular weight is 369 g/mol. The second-order valence-corrected chi connectivity index (χ2v) is 7.44. The van der Waals surface area contributed by atoms with Gasteiger partial charge in [-0.3, -0.25) is 9.59 Å². The highest BCUT2D eigenvalue weighted by Crippen LogP contribution is 2.12. The standard InChI is InChI=1S/2C11H20O2/c2*1-10(2)5-4-6-11(3)7-8-13-9-12/h2*5,9,11H,4,6-8H2,1-3H3. The molecular weight excluding hydrogens is 328 g/mol. The van der Waals surface area contributed by atoms with E-state index in [9.17, 15) is 9.59 Å². The Morgan fingerprint density at radius 3 is 1.31 bits per heavy atom. The van der Waals surface area contributed by atoms with E-state index in [1.807, 2.05) is 0 Å². The lowest BCUT2D eigenvalue weighted by atomic mass is 10.0. The van der Waals surface area contributed by atoms with E-state index in [2.05, 4.69) is 63.2 Å². The Hall–Kier alpha value is -1.58. The van der Waals surface area contributed by atoms with E-state index in [1.165, 1.54) is 24.0 Å². The molecule has 2 unspecified atom stereocenters. The molecule has 0 rings (SSSR count). The van der Waals surface area contributed by atoms with Crippen LogP contribution in [-0.2, 0) is 19.1 Å². The lowest BCUT2D eigenvalue weighted by Gasteiger charge is -2.08. The summed E-state index contributed by atoms with van der Waals surface area (Å²) in [6.07, 6.45) is 11.0. The molecule has 0 aliphatic heterocycles. The lowest BCUT2D eigenvalue weighted by molar-refractivity contribution is -0.129. The molecule has 0 saturated carbocycles. The van der Waals surface area contributed by atoms with Crippen molar-refractivity contribution in [1.29, 1.82) is 0 Å². The van der Waals surface area contributed by atoms with Gasteiger partial charge in [-0.1, -0.05) is 37.1 Å². The summed E-state index contributed by atoms with van der Waals surface area (Å²) in [5, 5.41) is 0. The van der Waals surface area contributed by atoms with Crippen LogP contribution in [0.4, 0.5) is 0 Å². The largest absolute Gasteiger partial charge is 0.468 e. The second kappa shape index (κ2) is 19.7. The summed E-state index contributed by atoms with van der Waals surface area (Å²) in [4.78, 5) is 19.7. The normalized spacial score (nSPS) is 11.9. The molecule has 26 heavy (non-hydrogen) atoms. The highest BCUT2D eigenvalue weighted by atomic mass is 16.5. The van der Waals surface area contributed by atoms with Gasteiger partial charge in [-0.05, 0) is 78.1 Å². The number of carbonyl (C=O) groups is 2. The fourth-order valence-corrected chi connectivity index (χ4v) is 2.24. The molecular formula is C22H40O4.